The second-order valence-electron chi connectivity index (χ2n) is 12.5. The Labute approximate surface area is 297 Å². The summed E-state index contributed by atoms with van der Waals surface area (Å²) in [5.41, 5.74) is -3.51. The molecular weight excluding hydrogens is 717 g/mol. The molecule has 2 amide bonds. The van der Waals surface area contributed by atoms with E-state index in [9.17, 15) is 42.4 Å². The van der Waals surface area contributed by atoms with Crippen molar-refractivity contribution in [3.05, 3.63) is 63.1 Å². The van der Waals surface area contributed by atoms with Crippen molar-refractivity contribution in [1.29, 1.82) is 0 Å². The van der Waals surface area contributed by atoms with Gasteiger partial charge < -0.3 is 34.3 Å². The Morgan fingerprint density at radius 1 is 0.981 bits per heavy atom. The minimum atomic E-state index is -4.37. The van der Waals surface area contributed by atoms with E-state index in [4.69, 9.17) is 28.0 Å². The Kier molecular flexibility index (Phi) is 12.9. The highest BCUT2D eigenvalue weighted by Crippen LogP contribution is 2.49. The maximum atomic E-state index is 14.2. The standard InChI is InChI=1S/C32H41F2N4O13P/c1-19(2)50-30(43)46-17-48-52(45,49-18-47-31(44)51-20(3)4)13-12-38-32(10-6-7-11-32)36(5)29(42)25-27(40)26(39)23(16-37(25)38)28(41)35-15-21-8-9-22(33)14-24(21)34/h8-9,14,16,19-20,40H,6-7,10-13,15,17-18H2,1-5H3,(H,35,41). The fraction of sp³-hybridized carbons (Fsp3) is 0.531. The smallest absolute Gasteiger partial charge is 0.502 e. The highest BCUT2D eigenvalue weighted by Gasteiger charge is 2.51. The molecule has 1 aromatic heterocycles. The number of hydrogen-bond donors (Lipinski definition) is 2. The Morgan fingerprint density at radius 2 is 1.56 bits per heavy atom. The number of rotatable bonds is 14. The lowest BCUT2D eigenvalue weighted by molar-refractivity contribution is -0.0302. The van der Waals surface area contributed by atoms with E-state index in [1.54, 1.807) is 27.7 Å². The summed E-state index contributed by atoms with van der Waals surface area (Å²) in [6, 6.07) is 2.73. The molecule has 17 nitrogen and oxygen atoms in total. The first-order valence-corrected chi connectivity index (χ1v) is 18.0. The average Bonchev–Trinajstić information content (AvgIpc) is 3.54. The summed E-state index contributed by atoms with van der Waals surface area (Å²) in [7, 11) is -2.89. The lowest BCUT2D eigenvalue weighted by Crippen LogP contribution is -2.69. The van der Waals surface area contributed by atoms with Crippen molar-refractivity contribution < 1.29 is 65.6 Å². The first kappa shape index (κ1) is 40.0. The Morgan fingerprint density at radius 3 is 2.10 bits per heavy atom. The summed E-state index contributed by atoms with van der Waals surface area (Å²) in [6.45, 7) is 3.77. The molecule has 0 radical (unpaired) electrons. The number of fused-ring (bicyclic) bond motifs is 1. The molecule has 1 aliphatic heterocycles. The van der Waals surface area contributed by atoms with Crippen LogP contribution in [0.5, 0.6) is 5.75 Å². The molecule has 0 bridgehead atoms. The number of nitrogens with one attached hydrogen (secondary N) is 1. The van der Waals surface area contributed by atoms with E-state index in [2.05, 4.69) is 5.32 Å². The van der Waals surface area contributed by atoms with Crippen LogP contribution >= 0.6 is 7.60 Å². The van der Waals surface area contributed by atoms with Crippen LogP contribution in [0.3, 0.4) is 0 Å². The molecule has 1 spiro atoms. The van der Waals surface area contributed by atoms with Crippen molar-refractivity contribution in [1.82, 2.24) is 14.9 Å². The minimum absolute atomic E-state index is 0.0842. The van der Waals surface area contributed by atoms with Crippen LogP contribution in [0, 0.1) is 11.6 Å². The lowest BCUT2D eigenvalue weighted by atomic mass is 10.0. The molecule has 0 atom stereocenters. The van der Waals surface area contributed by atoms with Gasteiger partial charge in [0.15, 0.2) is 11.4 Å². The number of pyridine rings is 1. The number of aromatic nitrogens is 1. The Hall–Kier alpha value is -4.74. The van der Waals surface area contributed by atoms with Crippen molar-refractivity contribution in [2.75, 3.05) is 38.3 Å². The third-order valence-electron chi connectivity index (χ3n) is 8.24. The van der Waals surface area contributed by atoms with Crippen LogP contribution in [0.15, 0.2) is 29.2 Å². The van der Waals surface area contributed by atoms with Gasteiger partial charge in [0.2, 0.25) is 19.0 Å². The molecule has 1 aromatic carbocycles. The molecule has 0 unspecified atom stereocenters. The summed E-state index contributed by atoms with van der Waals surface area (Å²) < 4.78 is 73.0. The molecule has 2 aliphatic rings. The van der Waals surface area contributed by atoms with Crippen LogP contribution in [0.1, 0.15) is 79.8 Å². The number of carbonyl (C=O) groups excluding carboxylic acids is 4. The van der Waals surface area contributed by atoms with Gasteiger partial charge in [-0.2, -0.15) is 0 Å². The van der Waals surface area contributed by atoms with Gasteiger partial charge in [0, 0.05) is 38.0 Å². The van der Waals surface area contributed by atoms with E-state index in [-0.39, 0.29) is 12.1 Å². The fourth-order valence-electron chi connectivity index (χ4n) is 5.79. The highest BCUT2D eigenvalue weighted by atomic mass is 31.2. The number of amides is 2. The number of ether oxygens (including phenoxy) is 4. The van der Waals surface area contributed by atoms with Gasteiger partial charge in [-0.3, -0.25) is 37.7 Å². The Balaban J connectivity index is 1.67. The van der Waals surface area contributed by atoms with Crippen molar-refractivity contribution in [3.63, 3.8) is 0 Å². The second-order valence-corrected chi connectivity index (χ2v) is 14.6. The van der Waals surface area contributed by atoms with Crippen molar-refractivity contribution in [2.45, 2.75) is 77.8 Å². The van der Waals surface area contributed by atoms with Crippen LogP contribution in [0.4, 0.5) is 18.4 Å². The molecule has 2 aromatic rings. The molecule has 1 aliphatic carbocycles. The fourth-order valence-corrected chi connectivity index (χ4v) is 6.99. The molecule has 4 rings (SSSR count). The zero-order chi connectivity index (χ0) is 38.4. The predicted molar refractivity (Wildman–Crippen MR) is 176 cm³/mol. The lowest BCUT2D eigenvalue weighted by Gasteiger charge is -2.53. The van der Waals surface area contributed by atoms with E-state index in [1.807, 2.05) is 0 Å². The largest absolute Gasteiger partial charge is 0.510 e. The first-order valence-electron chi connectivity index (χ1n) is 16.3. The number of halogens is 2. The summed E-state index contributed by atoms with van der Waals surface area (Å²) in [5, 5.41) is 14.9. The molecule has 2 heterocycles. The monoisotopic (exact) mass is 758 g/mol. The molecule has 0 saturated heterocycles. The number of aromatic hydroxyl groups is 1. The minimum Gasteiger partial charge on any atom is -0.502 e. The second kappa shape index (κ2) is 16.7. The third-order valence-corrected chi connectivity index (χ3v) is 9.99. The van der Waals surface area contributed by atoms with Crippen LogP contribution in [0.25, 0.3) is 0 Å². The normalized spacial score (nSPS) is 15.2. The summed E-state index contributed by atoms with van der Waals surface area (Å²) in [4.78, 5) is 65.4. The van der Waals surface area contributed by atoms with E-state index in [0.717, 1.165) is 23.0 Å². The average molecular weight is 759 g/mol. The summed E-state index contributed by atoms with van der Waals surface area (Å²) in [5.74, 6) is -4.60. The van der Waals surface area contributed by atoms with Gasteiger partial charge in [-0.25, -0.2) is 18.4 Å². The van der Waals surface area contributed by atoms with Crippen molar-refractivity contribution in [3.8, 4) is 5.75 Å². The van der Waals surface area contributed by atoms with E-state index < -0.39 is 110 Å². The quantitative estimate of drug-likeness (QED) is 0.157. The Bertz CT molecular complexity index is 1750. The summed E-state index contributed by atoms with van der Waals surface area (Å²) >= 11 is 0. The summed E-state index contributed by atoms with van der Waals surface area (Å²) in [6.07, 6.45) is -0.737. The third kappa shape index (κ3) is 9.18. The van der Waals surface area contributed by atoms with Gasteiger partial charge in [0.1, 0.15) is 22.9 Å². The molecule has 20 heteroatoms. The van der Waals surface area contributed by atoms with Crippen LogP contribution in [-0.4, -0.2) is 90.0 Å². The molecule has 1 saturated carbocycles. The molecule has 286 valence electrons. The van der Waals surface area contributed by atoms with Gasteiger partial charge in [0.05, 0.1) is 18.4 Å². The van der Waals surface area contributed by atoms with Gasteiger partial charge in [-0.05, 0) is 59.4 Å². The number of hydrogen-bond acceptors (Lipinski definition) is 14. The number of nitrogens with zero attached hydrogens (tertiary/aromatic N) is 3. The van der Waals surface area contributed by atoms with E-state index in [1.165, 1.54) is 17.0 Å². The van der Waals surface area contributed by atoms with Crippen LogP contribution in [-0.2, 0) is 39.1 Å². The van der Waals surface area contributed by atoms with Gasteiger partial charge >= 0.3 is 19.9 Å². The first-order chi connectivity index (χ1) is 24.5. The van der Waals surface area contributed by atoms with Crippen LogP contribution in [0.2, 0.25) is 0 Å². The highest BCUT2D eigenvalue weighted by molar-refractivity contribution is 7.53. The topological polar surface area (TPSA) is 201 Å². The van der Waals surface area contributed by atoms with Crippen molar-refractivity contribution in [2.24, 2.45) is 0 Å². The number of benzene rings is 1. The van der Waals surface area contributed by atoms with Crippen LogP contribution < -0.4 is 15.8 Å². The molecular formula is C32H41F2N4O13P. The maximum absolute atomic E-state index is 14.2. The predicted octanol–water partition coefficient (Wildman–Crippen LogP) is 4.32. The van der Waals surface area contributed by atoms with Gasteiger partial charge in [-0.1, -0.05) is 6.07 Å². The zero-order valence-corrected chi connectivity index (χ0v) is 30.1. The van der Waals surface area contributed by atoms with Gasteiger partial charge in [-0.15, -0.1) is 0 Å². The molecule has 1 fully saturated rings. The zero-order valence-electron chi connectivity index (χ0n) is 29.2. The number of carbonyl (C=O) groups is 4. The molecule has 52 heavy (non-hydrogen) atoms. The van der Waals surface area contributed by atoms with E-state index >= 15 is 0 Å². The van der Waals surface area contributed by atoms with Crippen molar-refractivity contribution >= 4 is 31.7 Å². The van der Waals surface area contributed by atoms with Gasteiger partial charge in [0.25, 0.3) is 11.8 Å². The SMILES string of the molecule is CC(C)OC(=O)OCOP(=O)(CCN1n2cc(C(=O)NCc3ccc(F)cc3F)c(=O)c(O)c2C(=O)N(C)C12CCCC2)OCOC(=O)OC(C)C. The maximum Gasteiger partial charge on any atom is 0.510 e. The van der Waals surface area contributed by atoms with E-state index in [0.29, 0.717) is 31.7 Å². The molecule has 2 N–H and O–H groups in total.